The number of halogens is 2. The Kier molecular flexibility index (Phi) is 4.80. The van der Waals surface area contributed by atoms with E-state index in [2.05, 4.69) is 0 Å². The number of rotatable bonds is 3. The van der Waals surface area contributed by atoms with Crippen LogP contribution in [-0.4, -0.2) is 18.7 Å². The standard InChI is InChI=1S/C23H14Cl2O3/c1-28-14-6-2-5-13(11-14)20(26)12-17-15-7-3-10-19(25)22(15)23(27)16-8-4-9-18(24)21(16)17/h2-12H,1H3/b17-12+. The number of hydrogen-bond acceptors (Lipinski definition) is 3. The van der Waals surface area contributed by atoms with Gasteiger partial charge in [0.25, 0.3) is 0 Å². The maximum absolute atomic E-state index is 13.0. The molecular weight excluding hydrogens is 395 g/mol. The minimum atomic E-state index is -0.222. The molecule has 28 heavy (non-hydrogen) atoms. The first-order valence-corrected chi connectivity index (χ1v) is 9.29. The van der Waals surface area contributed by atoms with E-state index in [0.717, 1.165) is 0 Å². The zero-order chi connectivity index (χ0) is 19.8. The van der Waals surface area contributed by atoms with Crippen molar-refractivity contribution in [1.29, 1.82) is 0 Å². The van der Waals surface area contributed by atoms with Gasteiger partial charge in [0.1, 0.15) is 5.75 Å². The maximum Gasteiger partial charge on any atom is 0.195 e. The molecule has 0 fully saturated rings. The summed E-state index contributed by atoms with van der Waals surface area (Å²) in [5.41, 5.74) is 2.99. The summed E-state index contributed by atoms with van der Waals surface area (Å²) in [6.07, 6.45) is 1.50. The Morgan fingerprint density at radius 3 is 2.25 bits per heavy atom. The molecule has 138 valence electrons. The molecule has 0 saturated heterocycles. The summed E-state index contributed by atoms with van der Waals surface area (Å²) in [5, 5.41) is 0.744. The van der Waals surface area contributed by atoms with Crippen molar-refractivity contribution in [2.24, 2.45) is 0 Å². The third-order valence-corrected chi connectivity index (χ3v) is 5.32. The Morgan fingerprint density at radius 2 is 1.54 bits per heavy atom. The van der Waals surface area contributed by atoms with Crippen LogP contribution in [0, 0.1) is 0 Å². The van der Waals surface area contributed by atoms with E-state index < -0.39 is 0 Å². The molecule has 3 nitrogen and oxygen atoms in total. The number of hydrogen-bond donors (Lipinski definition) is 0. The number of allylic oxidation sites excluding steroid dienone is 1. The van der Waals surface area contributed by atoms with Gasteiger partial charge in [-0.25, -0.2) is 0 Å². The molecule has 0 N–H and O–H groups in total. The number of carbonyl (C=O) groups excluding carboxylic acids is 2. The highest BCUT2D eigenvalue weighted by molar-refractivity contribution is 6.39. The van der Waals surface area contributed by atoms with Crippen LogP contribution in [0.4, 0.5) is 0 Å². The van der Waals surface area contributed by atoms with Gasteiger partial charge in [-0.1, -0.05) is 59.6 Å². The van der Waals surface area contributed by atoms with Gasteiger partial charge in [-0.2, -0.15) is 0 Å². The number of ether oxygens (including phenoxy) is 1. The molecule has 0 heterocycles. The first-order chi connectivity index (χ1) is 13.5. The van der Waals surface area contributed by atoms with Crippen LogP contribution in [0.5, 0.6) is 5.75 Å². The fourth-order valence-corrected chi connectivity index (χ4v) is 3.91. The Labute approximate surface area is 172 Å². The van der Waals surface area contributed by atoms with Crippen LogP contribution in [0.2, 0.25) is 10.0 Å². The lowest BCUT2D eigenvalue weighted by atomic mass is 9.80. The lowest BCUT2D eigenvalue weighted by Crippen LogP contribution is -2.16. The van der Waals surface area contributed by atoms with E-state index in [9.17, 15) is 9.59 Å². The zero-order valence-electron chi connectivity index (χ0n) is 14.8. The minimum Gasteiger partial charge on any atom is -0.497 e. The van der Waals surface area contributed by atoms with Crippen LogP contribution in [0.15, 0.2) is 66.7 Å². The highest BCUT2D eigenvalue weighted by Gasteiger charge is 2.30. The Morgan fingerprint density at radius 1 is 0.893 bits per heavy atom. The van der Waals surface area contributed by atoms with Gasteiger partial charge in [-0.15, -0.1) is 0 Å². The summed E-state index contributed by atoms with van der Waals surface area (Å²) in [4.78, 5) is 26.0. The topological polar surface area (TPSA) is 43.4 Å². The van der Waals surface area contributed by atoms with Crippen LogP contribution < -0.4 is 4.74 Å². The van der Waals surface area contributed by atoms with E-state index in [1.165, 1.54) is 6.08 Å². The summed E-state index contributed by atoms with van der Waals surface area (Å²) in [6, 6.07) is 17.2. The van der Waals surface area contributed by atoms with E-state index in [-0.39, 0.29) is 11.6 Å². The second-order valence-electron chi connectivity index (χ2n) is 6.31. The fourth-order valence-electron chi connectivity index (χ4n) is 3.38. The number of ketones is 2. The number of methoxy groups -OCH3 is 1. The average Bonchev–Trinajstić information content (AvgIpc) is 2.71. The molecule has 0 bridgehead atoms. The Balaban J connectivity index is 1.95. The predicted octanol–water partition coefficient (Wildman–Crippen LogP) is 5.86. The fraction of sp³-hybridized carbons (Fsp3) is 0.0435. The number of carbonyl (C=O) groups is 2. The van der Waals surface area contributed by atoms with Gasteiger partial charge in [-0.05, 0) is 41.5 Å². The van der Waals surface area contributed by atoms with Crippen molar-refractivity contribution in [2.75, 3.05) is 7.11 Å². The SMILES string of the molecule is COc1cccc(C(=O)/C=C2\c3cccc(Cl)c3C(=O)c3cccc(Cl)c32)c1. The van der Waals surface area contributed by atoms with Gasteiger partial charge in [0.15, 0.2) is 11.6 Å². The molecule has 1 aliphatic carbocycles. The van der Waals surface area contributed by atoms with Crippen LogP contribution in [0.25, 0.3) is 5.57 Å². The zero-order valence-corrected chi connectivity index (χ0v) is 16.3. The van der Waals surface area contributed by atoms with E-state index >= 15 is 0 Å². The molecule has 0 radical (unpaired) electrons. The summed E-state index contributed by atoms with van der Waals surface area (Å²) >= 11 is 12.7. The number of fused-ring (bicyclic) bond motifs is 2. The first-order valence-electron chi connectivity index (χ1n) is 8.54. The van der Waals surface area contributed by atoms with Gasteiger partial charge in [0.2, 0.25) is 0 Å². The van der Waals surface area contributed by atoms with Crippen LogP contribution in [0.1, 0.15) is 37.4 Å². The van der Waals surface area contributed by atoms with Crippen molar-refractivity contribution in [3.63, 3.8) is 0 Å². The molecule has 3 aromatic rings. The monoisotopic (exact) mass is 408 g/mol. The smallest absolute Gasteiger partial charge is 0.195 e. The third-order valence-electron chi connectivity index (χ3n) is 4.69. The van der Waals surface area contributed by atoms with Crippen molar-refractivity contribution in [3.05, 3.63) is 105 Å². The molecule has 0 saturated carbocycles. The molecular formula is C23H14Cl2O3. The van der Waals surface area contributed by atoms with Gasteiger partial charge in [0, 0.05) is 27.3 Å². The van der Waals surface area contributed by atoms with Crippen LogP contribution in [0.3, 0.4) is 0 Å². The second kappa shape index (κ2) is 7.27. The van der Waals surface area contributed by atoms with E-state index in [1.807, 2.05) is 0 Å². The average molecular weight is 409 g/mol. The van der Waals surface area contributed by atoms with E-state index in [1.54, 1.807) is 67.8 Å². The van der Waals surface area contributed by atoms with Crippen molar-refractivity contribution in [2.45, 2.75) is 0 Å². The van der Waals surface area contributed by atoms with Gasteiger partial charge in [-0.3, -0.25) is 9.59 Å². The van der Waals surface area contributed by atoms with E-state index in [0.29, 0.717) is 49.2 Å². The molecule has 3 aromatic carbocycles. The summed E-state index contributed by atoms with van der Waals surface area (Å²) < 4.78 is 5.20. The second-order valence-corrected chi connectivity index (χ2v) is 7.12. The molecule has 0 unspecified atom stereocenters. The lowest BCUT2D eigenvalue weighted by molar-refractivity contribution is 0.103. The van der Waals surface area contributed by atoms with Crippen molar-refractivity contribution < 1.29 is 14.3 Å². The van der Waals surface area contributed by atoms with Crippen LogP contribution >= 0.6 is 23.2 Å². The molecule has 4 rings (SSSR count). The van der Waals surface area contributed by atoms with E-state index in [4.69, 9.17) is 27.9 Å². The molecule has 5 heteroatoms. The quantitative estimate of drug-likeness (QED) is 0.314. The number of benzene rings is 3. The molecule has 0 aliphatic heterocycles. The van der Waals surface area contributed by atoms with Gasteiger partial charge >= 0.3 is 0 Å². The summed E-state index contributed by atoms with van der Waals surface area (Å²) in [5.74, 6) is 0.161. The highest BCUT2D eigenvalue weighted by atomic mass is 35.5. The molecule has 0 aromatic heterocycles. The normalized spacial score (nSPS) is 13.8. The molecule has 0 atom stereocenters. The minimum absolute atomic E-state index is 0.205. The van der Waals surface area contributed by atoms with Gasteiger partial charge < -0.3 is 4.74 Å². The largest absolute Gasteiger partial charge is 0.497 e. The summed E-state index contributed by atoms with van der Waals surface area (Å²) in [7, 11) is 1.54. The van der Waals surface area contributed by atoms with Crippen molar-refractivity contribution in [3.8, 4) is 5.75 Å². The predicted molar refractivity (Wildman–Crippen MR) is 111 cm³/mol. The first kappa shape index (κ1) is 18.5. The lowest BCUT2D eigenvalue weighted by Gasteiger charge is -2.23. The van der Waals surface area contributed by atoms with Gasteiger partial charge in [0.05, 0.1) is 12.1 Å². The summed E-state index contributed by atoms with van der Waals surface area (Å²) in [6.45, 7) is 0. The Hall–Kier alpha value is -2.88. The third kappa shape index (κ3) is 3.03. The van der Waals surface area contributed by atoms with Crippen LogP contribution in [-0.2, 0) is 0 Å². The van der Waals surface area contributed by atoms with Crippen molar-refractivity contribution >= 4 is 40.3 Å². The Bertz CT molecular complexity index is 1160. The molecule has 0 spiro atoms. The highest BCUT2D eigenvalue weighted by Crippen LogP contribution is 2.42. The molecule has 0 amide bonds. The van der Waals surface area contributed by atoms with Crippen molar-refractivity contribution in [1.82, 2.24) is 0 Å². The maximum atomic E-state index is 13.0. The molecule has 1 aliphatic rings.